The SMILES string of the molecule is Nc1ccc(Cl)c(Cl)c1.O=C(O)c1nc(Cl)c(Cl)[nH]1. The number of hydrogen-bond donors (Lipinski definition) is 3. The number of anilines is 1. The molecule has 1 heterocycles. The van der Waals surface area contributed by atoms with Crippen LogP contribution in [0.3, 0.4) is 0 Å². The molecule has 2 aromatic rings. The Morgan fingerprint density at radius 1 is 1.21 bits per heavy atom. The molecule has 1 aromatic heterocycles. The molecule has 0 aliphatic rings. The van der Waals surface area contributed by atoms with Crippen LogP contribution < -0.4 is 5.73 Å². The average Bonchev–Trinajstić information content (AvgIpc) is 2.66. The van der Waals surface area contributed by atoms with E-state index in [4.69, 9.17) is 57.2 Å². The third-order valence-corrected chi connectivity index (χ3v) is 3.15. The van der Waals surface area contributed by atoms with Gasteiger partial charge in [-0.2, -0.15) is 0 Å². The highest BCUT2D eigenvalue weighted by Crippen LogP contribution is 2.23. The fourth-order valence-electron chi connectivity index (χ4n) is 0.944. The van der Waals surface area contributed by atoms with Crippen LogP contribution in [0.2, 0.25) is 20.4 Å². The monoisotopic (exact) mass is 341 g/mol. The molecule has 0 saturated carbocycles. The van der Waals surface area contributed by atoms with Crippen LogP contribution in [-0.4, -0.2) is 21.0 Å². The molecule has 0 atom stereocenters. The van der Waals surface area contributed by atoms with Gasteiger partial charge in [-0.25, -0.2) is 9.78 Å². The molecule has 0 spiro atoms. The number of aromatic amines is 1. The predicted octanol–water partition coefficient (Wildman–Crippen LogP) is 3.99. The zero-order chi connectivity index (χ0) is 14.6. The third kappa shape index (κ3) is 4.80. The highest BCUT2D eigenvalue weighted by Gasteiger charge is 2.10. The van der Waals surface area contributed by atoms with Crippen LogP contribution in [-0.2, 0) is 0 Å². The summed E-state index contributed by atoms with van der Waals surface area (Å²) in [7, 11) is 0. The standard InChI is InChI=1S/C6H5Cl2N.C4H2Cl2N2O2/c7-5-2-1-4(9)3-6(5)8;5-1-2(6)8-3(7-1)4(9)10/h1-3H,9H2;(H,7,8)(H,9,10). The van der Waals surface area contributed by atoms with Gasteiger partial charge in [0.05, 0.1) is 10.0 Å². The maximum Gasteiger partial charge on any atom is 0.371 e. The number of carboxylic acid groups (broad SMARTS) is 1. The lowest BCUT2D eigenvalue weighted by molar-refractivity contribution is 0.0685. The average molecular weight is 343 g/mol. The van der Waals surface area contributed by atoms with Crippen LogP contribution >= 0.6 is 46.4 Å². The molecule has 102 valence electrons. The number of carbonyl (C=O) groups is 1. The summed E-state index contributed by atoms with van der Waals surface area (Å²) in [6.45, 7) is 0. The number of H-pyrrole nitrogens is 1. The second-order valence-electron chi connectivity index (χ2n) is 3.17. The minimum Gasteiger partial charge on any atom is -0.475 e. The van der Waals surface area contributed by atoms with Crippen molar-refractivity contribution in [2.45, 2.75) is 0 Å². The van der Waals surface area contributed by atoms with E-state index in [0.717, 1.165) is 0 Å². The molecule has 0 aliphatic heterocycles. The zero-order valence-corrected chi connectivity index (χ0v) is 12.1. The number of nitrogen functional groups attached to an aromatic ring is 1. The molecule has 0 radical (unpaired) electrons. The molecule has 1 aromatic carbocycles. The van der Waals surface area contributed by atoms with Gasteiger partial charge in [-0.3, -0.25) is 0 Å². The van der Waals surface area contributed by atoms with Crippen LogP contribution in [0.1, 0.15) is 10.6 Å². The lowest BCUT2D eigenvalue weighted by Crippen LogP contribution is -1.97. The molecular formula is C10H7Cl4N3O2. The summed E-state index contributed by atoms with van der Waals surface area (Å²) < 4.78 is 0. The van der Waals surface area contributed by atoms with Crippen LogP contribution in [0, 0.1) is 0 Å². The lowest BCUT2D eigenvalue weighted by atomic mass is 10.3. The number of aromatic nitrogens is 2. The Hall–Kier alpha value is -1.14. The van der Waals surface area contributed by atoms with Gasteiger partial charge in [-0.15, -0.1) is 0 Å². The van der Waals surface area contributed by atoms with Crippen molar-refractivity contribution in [3.05, 3.63) is 44.4 Å². The minimum atomic E-state index is -1.19. The summed E-state index contributed by atoms with van der Waals surface area (Å²) >= 11 is 21.9. The Morgan fingerprint density at radius 3 is 2.16 bits per heavy atom. The van der Waals surface area contributed by atoms with Crippen molar-refractivity contribution in [3.63, 3.8) is 0 Å². The Bertz CT molecular complexity index is 581. The van der Waals surface area contributed by atoms with Crippen LogP contribution in [0.4, 0.5) is 5.69 Å². The van der Waals surface area contributed by atoms with Gasteiger partial charge in [0.1, 0.15) is 5.15 Å². The molecule has 0 amide bonds. The van der Waals surface area contributed by atoms with E-state index >= 15 is 0 Å². The first-order valence-corrected chi connectivity index (χ1v) is 6.17. The second-order valence-corrected chi connectivity index (χ2v) is 4.72. The van der Waals surface area contributed by atoms with E-state index in [-0.39, 0.29) is 16.1 Å². The Kier molecular flexibility index (Phi) is 5.75. The van der Waals surface area contributed by atoms with Gasteiger partial charge in [-0.1, -0.05) is 46.4 Å². The van der Waals surface area contributed by atoms with E-state index in [0.29, 0.717) is 15.7 Å². The molecule has 0 unspecified atom stereocenters. The van der Waals surface area contributed by atoms with Gasteiger partial charge in [0.15, 0.2) is 5.15 Å². The van der Waals surface area contributed by atoms with Crippen molar-refractivity contribution < 1.29 is 9.90 Å². The van der Waals surface area contributed by atoms with Crippen molar-refractivity contribution in [2.24, 2.45) is 0 Å². The summed E-state index contributed by atoms with van der Waals surface area (Å²) in [6, 6.07) is 4.98. The molecule has 0 saturated heterocycles. The van der Waals surface area contributed by atoms with Crippen LogP contribution in [0.15, 0.2) is 18.2 Å². The quantitative estimate of drug-likeness (QED) is 0.683. The van der Waals surface area contributed by atoms with Crippen molar-refractivity contribution in [1.82, 2.24) is 9.97 Å². The number of aromatic carboxylic acids is 1. The summed E-state index contributed by atoms with van der Waals surface area (Å²) in [5, 5.41) is 9.35. The highest BCUT2D eigenvalue weighted by molar-refractivity contribution is 6.42. The van der Waals surface area contributed by atoms with Crippen LogP contribution in [0.25, 0.3) is 0 Å². The molecule has 19 heavy (non-hydrogen) atoms. The fraction of sp³-hybridized carbons (Fsp3) is 0. The number of nitrogens with one attached hydrogen (secondary N) is 1. The molecule has 2 rings (SSSR count). The normalized spacial score (nSPS) is 9.68. The van der Waals surface area contributed by atoms with E-state index < -0.39 is 5.97 Å². The van der Waals surface area contributed by atoms with E-state index in [1.807, 2.05) is 0 Å². The number of nitrogens with two attached hydrogens (primary N) is 1. The lowest BCUT2D eigenvalue weighted by Gasteiger charge is -1.94. The summed E-state index contributed by atoms with van der Waals surface area (Å²) in [6.07, 6.45) is 0. The number of benzene rings is 1. The van der Waals surface area contributed by atoms with Crippen LogP contribution in [0.5, 0.6) is 0 Å². The summed E-state index contributed by atoms with van der Waals surface area (Å²) in [5.41, 5.74) is 6.01. The number of rotatable bonds is 1. The largest absolute Gasteiger partial charge is 0.475 e. The van der Waals surface area contributed by atoms with Gasteiger partial charge in [0, 0.05) is 5.69 Å². The smallest absolute Gasteiger partial charge is 0.371 e. The highest BCUT2D eigenvalue weighted by atomic mass is 35.5. The Balaban J connectivity index is 0.000000191. The number of imidazole rings is 1. The van der Waals surface area contributed by atoms with Crippen molar-refractivity contribution in [2.75, 3.05) is 5.73 Å². The first-order chi connectivity index (χ1) is 8.81. The first-order valence-electron chi connectivity index (χ1n) is 4.66. The first kappa shape index (κ1) is 15.9. The van der Waals surface area contributed by atoms with Crippen molar-refractivity contribution in [1.29, 1.82) is 0 Å². The minimum absolute atomic E-state index is 0.0286. The van der Waals surface area contributed by atoms with Gasteiger partial charge in [0.2, 0.25) is 5.82 Å². The van der Waals surface area contributed by atoms with Gasteiger partial charge in [0.25, 0.3) is 0 Å². The van der Waals surface area contributed by atoms with E-state index in [2.05, 4.69) is 9.97 Å². The third-order valence-electron chi connectivity index (χ3n) is 1.77. The van der Waals surface area contributed by atoms with Crippen molar-refractivity contribution >= 4 is 58.1 Å². The maximum absolute atomic E-state index is 10.2. The maximum atomic E-state index is 10.2. The number of nitrogens with zero attached hydrogens (tertiary/aromatic N) is 1. The number of halogens is 4. The fourth-order valence-corrected chi connectivity index (χ4v) is 1.51. The summed E-state index contributed by atoms with van der Waals surface area (Å²) in [4.78, 5) is 15.8. The summed E-state index contributed by atoms with van der Waals surface area (Å²) in [5.74, 6) is -1.44. The Labute approximate surface area is 128 Å². The molecule has 0 bridgehead atoms. The van der Waals surface area contributed by atoms with Gasteiger partial charge < -0.3 is 15.8 Å². The molecule has 0 aliphatic carbocycles. The molecule has 0 fully saturated rings. The predicted molar refractivity (Wildman–Crippen MR) is 76.4 cm³/mol. The molecular weight excluding hydrogens is 336 g/mol. The van der Waals surface area contributed by atoms with E-state index in [1.54, 1.807) is 18.2 Å². The van der Waals surface area contributed by atoms with Gasteiger partial charge >= 0.3 is 5.97 Å². The molecule has 5 nitrogen and oxygen atoms in total. The van der Waals surface area contributed by atoms with Gasteiger partial charge in [-0.05, 0) is 18.2 Å². The van der Waals surface area contributed by atoms with E-state index in [9.17, 15) is 4.79 Å². The zero-order valence-electron chi connectivity index (χ0n) is 9.12. The Morgan fingerprint density at radius 2 is 1.84 bits per heavy atom. The molecule has 4 N–H and O–H groups in total. The number of hydrogen-bond acceptors (Lipinski definition) is 3. The van der Waals surface area contributed by atoms with Crippen molar-refractivity contribution in [3.8, 4) is 0 Å². The van der Waals surface area contributed by atoms with E-state index in [1.165, 1.54) is 0 Å². The topological polar surface area (TPSA) is 92.0 Å². The second kappa shape index (κ2) is 6.86. The molecule has 9 heteroatoms. The number of carboxylic acids is 1.